The Morgan fingerprint density at radius 3 is 2.25 bits per heavy atom. The SMILES string of the molecule is Cn1ccnc1-c1nccn1Cc1ccccc1Cn1cccn1. The number of hydrogen-bond acceptors (Lipinski definition) is 3. The second-order valence-corrected chi connectivity index (χ2v) is 5.71. The molecule has 0 amide bonds. The zero-order valence-electron chi connectivity index (χ0n) is 13.4. The van der Waals surface area contributed by atoms with Crippen molar-refractivity contribution in [1.29, 1.82) is 0 Å². The minimum Gasteiger partial charge on any atom is -0.331 e. The number of hydrogen-bond donors (Lipinski definition) is 0. The van der Waals surface area contributed by atoms with Crippen molar-refractivity contribution in [2.24, 2.45) is 7.05 Å². The molecule has 6 heteroatoms. The molecule has 4 aromatic rings. The summed E-state index contributed by atoms with van der Waals surface area (Å²) in [6.07, 6.45) is 11.3. The van der Waals surface area contributed by atoms with E-state index in [4.69, 9.17) is 0 Å². The van der Waals surface area contributed by atoms with Gasteiger partial charge in [-0.25, -0.2) is 9.97 Å². The lowest BCUT2D eigenvalue weighted by Crippen LogP contribution is -2.08. The molecule has 0 atom stereocenters. The first-order valence-corrected chi connectivity index (χ1v) is 7.84. The normalized spacial score (nSPS) is 11.0. The highest BCUT2D eigenvalue weighted by Crippen LogP contribution is 2.18. The van der Waals surface area contributed by atoms with Gasteiger partial charge in [-0.1, -0.05) is 24.3 Å². The van der Waals surface area contributed by atoms with Crippen molar-refractivity contribution in [1.82, 2.24) is 28.9 Å². The maximum atomic E-state index is 4.48. The van der Waals surface area contributed by atoms with Gasteiger partial charge in [0.25, 0.3) is 0 Å². The second-order valence-electron chi connectivity index (χ2n) is 5.71. The van der Waals surface area contributed by atoms with E-state index in [1.54, 1.807) is 12.4 Å². The van der Waals surface area contributed by atoms with Gasteiger partial charge in [0.05, 0.1) is 6.54 Å². The van der Waals surface area contributed by atoms with Gasteiger partial charge in [0, 0.05) is 50.8 Å². The Hall–Kier alpha value is -3.15. The topological polar surface area (TPSA) is 53.5 Å². The third-order valence-corrected chi connectivity index (χ3v) is 4.09. The lowest BCUT2D eigenvalue weighted by Gasteiger charge is -2.12. The third-order valence-electron chi connectivity index (χ3n) is 4.09. The summed E-state index contributed by atoms with van der Waals surface area (Å²) >= 11 is 0. The van der Waals surface area contributed by atoms with Crippen LogP contribution in [-0.2, 0) is 20.1 Å². The summed E-state index contributed by atoms with van der Waals surface area (Å²) in [5.41, 5.74) is 2.50. The van der Waals surface area contributed by atoms with E-state index in [9.17, 15) is 0 Å². The summed E-state index contributed by atoms with van der Waals surface area (Å²) in [4.78, 5) is 8.89. The smallest absolute Gasteiger partial charge is 0.176 e. The van der Waals surface area contributed by atoms with Crippen molar-refractivity contribution < 1.29 is 0 Å². The summed E-state index contributed by atoms with van der Waals surface area (Å²) in [7, 11) is 1.98. The molecule has 0 N–H and O–H groups in total. The Bertz CT molecular complexity index is 932. The highest BCUT2D eigenvalue weighted by atomic mass is 15.3. The number of imidazole rings is 2. The van der Waals surface area contributed by atoms with Crippen LogP contribution >= 0.6 is 0 Å². The van der Waals surface area contributed by atoms with E-state index in [-0.39, 0.29) is 0 Å². The number of aryl methyl sites for hydroxylation is 1. The lowest BCUT2D eigenvalue weighted by molar-refractivity contribution is 0.674. The number of nitrogens with zero attached hydrogens (tertiary/aromatic N) is 6. The molecule has 0 saturated carbocycles. The Labute approximate surface area is 140 Å². The fourth-order valence-electron chi connectivity index (χ4n) is 2.84. The molecule has 0 aliphatic rings. The first-order chi connectivity index (χ1) is 11.8. The average molecular weight is 318 g/mol. The monoisotopic (exact) mass is 318 g/mol. The fraction of sp³-hybridized carbons (Fsp3) is 0.167. The Balaban J connectivity index is 1.65. The van der Waals surface area contributed by atoms with E-state index in [0.717, 1.165) is 24.7 Å². The summed E-state index contributed by atoms with van der Waals surface area (Å²) < 4.78 is 6.05. The van der Waals surface area contributed by atoms with Gasteiger partial charge >= 0.3 is 0 Å². The van der Waals surface area contributed by atoms with Crippen LogP contribution in [0.5, 0.6) is 0 Å². The van der Waals surface area contributed by atoms with Gasteiger partial charge in [-0.15, -0.1) is 0 Å². The predicted octanol–water partition coefficient (Wildman–Crippen LogP) is 2.58. The molecule has 0 unspecified atom stereocenters. The van der Waals surface area contributed by atoms with Crippen molar-refractivity contribution in [2.75, 3.05) is 0 Å². The van der Waals surface area contributed by atoms with Gasteiger partial charge in [-0.2, -0.15) is 5.10 Å². The van der Waals surface area contributed by atoms with Crippen LogP contribution in [0.4, 0.5) is 0 Å². The van der Waals surface area contributed by atoms with Crippen LogP contribution in [0.15, 0.2) is 67.5 Å². The van der Waals surface area contributed by atoms with E-state index in [0.29, 0.717) is 0 Å². The first kappa shape index (κ1) is 14.4. The highest BCUT2D eigenvalue weighted by Gasteiger charge is 2.12. The minimum absolute atomic E-state index is 0.750. The van der Waals surface area contributed by atoms with E-state index >= 15 is 0 Å². The lowest BCUT2D eigenvalue weighted by atomic mass is 10.1. The van der Waals surface area contributed by atoms with Crippen LogP contribution in [0, 0.1) is 0 Å². The van der Waals surface area contributed by atoms with Crippen LogP contribution in [-0.4, -0.2) is 28.9 Å². The van der Waals surface area contributed by atoms with Crippen molar-refractivity contribution in [2.45, 2.75) is 13.1 Å². The van der Waals surface area contributed by atoms with Crippen molar-refractivity contribution in [3.05, 3.63) is 78.6 Å². The van der Waals surface area contributed by atoms with Crippen LogP contribution in [0.1, 0.15) is 11.1 Å². The molecular formula is C18H18N6. The maximum absolute atomic E-state index is 4.48. The zero-order chi connectivity index (χ0) is 16.4. The highest BCUT2D eigenvalue weighted by molar-refractivity contribution is 5.45. The molecule has 3 aromatic heterocycles. The van der Waals surface area contributed by atoms with Crippen LogP contribution < -0.4 is 0 Å². The van der Waals surface area contributed by atoms with E-state index in [1.807, 2.05) is 47.2 Å². The van der Waals surface area contributed by atoms with Gasteiger partial charge in [0.1, 0.15) is 0 Å². The zero-order valence-corrected chi connectivity index (χ0v) is 13.4. The molecule has 0 saturated heterocycles. The maximum Gasteiger partial charge on any atom is 0.176 e. The molecule has 0 bridgehead atoms. The Morgan fingerprint density at radius 1 is 0.792 bits per heavy atom. The summed E-state index contributed by atoms with van der Waals surface area (Å²) in [6, 6.07) is 10.4. The summed E-state index contributed by atoms with van der Waals surface area (Å²) in [6.45, 7) is 1.51. The number of benzene rings is 1. The molecule has 0 fully saturated rings. The van der Waals surface area contributed by atoms with Crippen LogP contribution in [0.25, 0.3) is 11.6 Å². The molecule has 120 valence electrons. The molecule has 24 heavy (non-hydrogen) atoms. The Morgan fingerprint density at radius 2 is 1.54 bits per heavy atom. The van der Waals surface area contributed by atoms with Crippen molar-refractivity contribution >= 4 is 0 Å². The number of aromatic nitrogens is 6. The van der Waals surface area contributed by atoms with Gasteiger partial charge in [-0.05, 0) is 17.2 Å². The summed E-state index contributed by atoms with van der Waals surface area (Å²) in [5.74, 6) is 1.74. The molecule has 0 spiro atoms. The quantitative estimate of drug-likeness (QED) is 0.568. The van der Waals surface area contributed by atoms with Gasteiger partial charge < -0.3 is 9.13 Å². The number of rotatable bonds is 5. The van der Waals surface area contributed by atoms with Gasteiger partial charge in [0.15, 0.2) is 11.6 Å². The molecule has 3 heterocycles. The second kappa shape index (κ2) is 6.16. The molecule has 6 nitrogen and oxygen atoms in total. The molecular weight excluding hydrogens is 300 g/mol. The van der Waals surface area contributed by atoms with E-state index < -0.39 is 0 Å². The molecule has 1 aromatic carbocycles. The molecule has 0 radical (unpaired) electrons. The van der Waals surface area contributed by atoms with Gasteiger partial charge in [0.2, 0.25) is 0 Å². The molecule has 0 aliphatic heterocycles. The average Bonchev–Trinajstić information content (AvgIpc) is 3.31. The summed E-state index contributed by atoms with van der Waals surface area (Å²) in [5, 5.41) is 4.30. The van der Waals surface area contributed by atoms with E-state index in [1.165, 1.54) is 11.1 Å². The first-order valence-electron chi connectivity index (χ1n) is 7.84. The minimum atomic E-state index is 0.750. The van der Waals surface area contributed by atoms with Crippen molar-refractivity contribution in [3.63, 3.8) is 0 Å². The predicted molar refractivity (Wildman–Crippen MR) is 91.3 cm³/mol. The van der Waals surface area contributed by atoms with E-state index in [2.05, 4.69) is 43.9 Å². The van der Waals surface area contributed by atoms with Crippen molar-refractivity contribution in [3.8, 4) is 11.6 Å². The van der Waals surface area contributed by atoms with Gasteiger partial charge in [-0.3, -0.25) is 4.68 Å². The third kappa shape index (κ3) is 2.74. The standard InChI is InChI=1S/C18H18N6/c1-22-11-8-19-17(22)18-20-9-12-23(18)13-15-5-2-3-6-16(15)14-24-10-4-7-21-24/h2-12H,13-14H2,1H3. The molecule has 0 aliphatic carbocycles. The van der Waals surface area contributed by atoms with Crippen LogP contribution in [0.3, 0.4) is 0 Å². The Kier molecular flexibility index (Phi) is 3.70. The molecule has 4 rings (SSSR count). The largest absolute Gasteiger partial charge is 0.331 e. The fourth-order valence-corrected chi connectivity index (χ4v) is 2.84. The van der Waals surface area contributed by atoms with Crippen LogP contribution in [0.2, 0.25) is 0 Å².